The van der Waals surface area contributed by atoms with E-state index in [0.717, 1.165) is 0 Å². The van der Waals surface area contributed by atoms with Gasteiger partial charge in [-0.15, -0.1) is 0 Å². The lowest BCUT2D eigenvalue weighted by molar-refractivity contribution is 0.318. The van der Waals surface area contributed by atoms with E-state index in [1.54, 1.807) is 6.92 Å². The van der Waals surface area contributed by atoms with Crippen LogP contribution in [-0.2, 0) is 0 Å². The van der Waals surface area contributed by atoms with Crippen molar-refractivity contribution in [1.82, 2.24) is 0 Å². The molecule has 0 heterocycles. The fourth-order valence-corrected chi connectivity index (χ4v) is 2.75. The molecule has 3 aromatic carbocycles. The lowest BCUT2D eigenvalue weighted by Gasteiger charge is -2.17. The summed E-state index contributed by atoms with van der Waals surface area (Å²) in [6.07, 6.45) is 0. The average Bonchev–Trinajstić information content (AvgIpc) is 2.65. The van der Waals surface area contributed by atoms with Gasteiger partial charge in [0.2, 0.25) is 0 Å². The monoisotopic (exact) mass is 356 g/mol. The molecule has 0 saturated heterocycles. The highest BCUT2D eigenvalue weighted by Gasteiger charge is 2.19. The Labute approximate surface area is 149 Å². The van der Waals surface area contributed by atoms with Crippen molar-refractivity contribution < 1.29 is 18.7 Å². The van der Waals surface area contributed by atoms with Gasteiger partial charge in [-0.3, -0.25) is 0 Å². The molecule has 25 heavy (non-hydrogen) atoms. The molecule has 1 N–H and O–H groups in total. The standard InChI is InChI=1S/C18H15O3P.C2H6O/c1-4-10-16(11-5-1)19-22(20-17-12-6-2-7-13-17)21-18-14-8-3-9-15-18;1-2-3/h1-15H;3H,2H2,1H3. The van der Waals surface area contributed by atoms with Gasteiger partial charge in [0.05, 0.1) is 0 Å². The Hall–Kier alpha value is -2.55. The second-order valence-electron chi connectivity index (χ2n) is 4.75. The van der Waals surface area contributed by atoms with Crippen LogP contribution in [0.1, 0.15) is 6.92 Å². The molecule has 130 valence electrons. The van der Waals surface area contributed by atoms with Gasteiger partial charge in [0.25, 0.3) is 0 Å². The van der Waals surface area contributed by atoms with Crippen LogP contribution in [0.5, 0.6) is 17.2 Å². The minimum atomic E-state index is -1.59. The second kappa shape index (κ2) is 11.1. The molecule has 5 heteroatoms. The molecule has 0 aromatic heterocycles. The van der Waals surface area contributed by atoms with Crippen LogP contribution in [0.25, 0.3) is 0 Å². The van der Waals surface area contributed by atoms with Crippen molar-refractivity contribution in [2.24, 2.45) is 0 Å². The predicted molar refractivity (Wildman–Crippen MR) is 101 cm³/mol. The summed E-state index contributed by atoms with van der Waals surface area (Å²) in [4.78, 5) is 0. The van der Waals surface area contributed by atoms with Crippen molar-refractivity contribution in [3.05, 3.63) is 91.0 Å². The topological polar surface area (TPSA) is 47.9 Å². The van der Waals surface area contributed by atoms with Crippen molar-refractivity contribution in [3.8, 4) is 17.2 Å². The minimum Gasteiger partial charge on any atom is -0.409 e. The first kappa shape index (κ1) is 18.8. The van der Waals surface area contributed by atoms with E-state index in [1.807, 2.05) is 91.0 Å². The Morgan fingerprint density at radius 3 is 1.08 bits per heavy atom. The molecule has 0 bridgehead atoms. The number of benzene rings is 3. The van der Waals surface area contributed by atoms with E-state index in [-0.39, 0.29) is 6.61 Å². The van der Waals surface area contributed by atoms with Crippen LogP contribution in [0.2, 0.25) is 0 Å². The van der Waals surface area contributed by atoms with Crippen LogP contribution in [0.3, 0.4) is 0 Å². The summed E-state index contributed by atoms with van der Waals surface area (Å²) >= 11 is 0. The summed E-state index contributed by atoms with van der Waals surface area (Å²) in [7, 11) is -1.59. The second-order valence-corrected chi connectivity index (χ2v) is 5.75. The average molecular weight is 356 g/mol. The Balaban J connectivity index is 0.000000701. The zero-order valence-electron chi connectivity index (χ0n) is 14.0. The molecule has 0 aliphatic carbocycles. The number of aliphatic hydroxyl groups is 1. The molecule has 0 spiro atoms. The van der Waals surface area contributed by atoms with Crippen molar-refractivity contribution >= 4 is 8.60 Å². The normalized spacial score (nSPS) is 9.72. The molecule has 0 atom stereocenters. The molecular weight excluding hydrogens is 335 g/mol. The van der Waals surface area contributed by atoms with Gasteiger partial charge in [0, 0.05) is 6.61 Å². The van der Waals surface area contributed by atoms with E-state index in [0.29, 0.717) is 17.2 Å². The Bertz CT molecular complexity index is 594. The number of para-hydroxylation sites is 3. The van der Waals surface area contributed by atoms with Crippen molar-refractivity contribution in [2.75, 3.05) is 6.61 Å². The van der Waals surface area contributed by atoms with Crippen LogP contribution in [0.4, 0.5) is 0 Å². The van der Waals surface area contributed by atoms with Gasteiger partial charge in [0.1, 0.15) is 17.2 Å². The van der Waals surface area contributed by atoms with E-state index < -0.39 is 8.60 Å². The zero-order valence-corrected chi connectivity index (χ0v) is 14.9. The van der Waals surface area contributed by atoms with E-state index in [9.17, 15) is 0 Å². The van der Waals surface area contributed by atoms with Crippen LogP contribution >= 0.6 is 8.60 Å². The third-order valence-electron chi connectivity index (χ3n) is 2.77. The first-order valence-electron chi connectivity index (χ1n) is 7.92. The van der Waals surface area contributed by atoms with E-state index >= 15 is 0 Å². The number of rotatable bonds is 6. The van der Waals surface area contributed by atoms with Gasteiger partial charge in [-0.1, -0.05) is 54.6 Å². The first-order valence-corrected chi connectivity index (χ1v) is 9.01. The third-order valence-corrected chi connectivity index (χ3v) is 3.85. The molecule has 3 rings (SSSR count). The van der Waals surface area contributed by atoms with Gasteiger partial charge in [-0.25, -0.2) is 0 Å². The molecule has 0 fully saturated rings. The van der Waals surface area contributed by atoms with Crippen molar-refractivity contribution in [3.63, 3.8) is 0 Å². The van der Waals surface area contributed by atoms with E-state index in [4.69, 9.17) is 18.7 Å². The van der Waals surface area contributed by atoms with Crippen LogP contribution in [-0.4, -0.2) is 11.7 Å². The van der Waals surface area contributed by atoms with Gasteiger partial charge in [-0.05, 0) is 43.3 Å². The number of hydrogen-bond acceptors (Lipinski definition) is 4. The van der Waals surface area contributed by atoms with Crippen LogP contribution in [0.15, 0.2) is 91.0 Å². The molecule has 0 radical (unpaired) electrons. The van der Waals surface area contributed by atoms with Gasteiger partial charge in [-0.2, -0.15) is 0 Å². The summed E-state index contributed by atoms with van der Waals surface area (Å²) < 4.78 is 17.5. The summed E-state index contributed by atoms with van der Waals surface area (Å²) in [6, 6.07) is 28.5. The lowest BCUT2D eigenvalue weighted by atomic mass is 10.3. The van der Waals surface area contributed by atoms with Crippen molar-refractivity contribution in [2.45, 2.75) is 6.92 Å². The fraction of sp³-hybridized carbons (Fsp3) is 0.100. The van der Waals surface area contributed by atoms with Crippen LogP contribution < -0.4 is 13.6 Å². The number of hydrogen-bond donors (Lipinski definition) is 1. The summed E-state index contributed by atoms with van der Waals surface area (Å²) in [5.41, 5.74) is 0. The fourth-order valence-electron chi connectivity index (χ4n) is 1.76. The summed E-state index contributed by atoms with van der Waals surface area (Å²) in [6.45, 7) is 1.93. The predicted octanol–water partition coefficient (Wildman–Crippen LogP) is 5.45. The third kappa shape index (κ3) is 7.25. The Morgan fingerprint density at radius 2 is 0.840 bits per heavy atom. The molecule has 4 nitrogen and oxygen atoms in total. The number of aliphatic hydroxyl groups excluding tert-OH is 1. The first-order chi connectivity index (χ1) is 12.3. The molecular formula is C20H21O4P. The lowest BCUT2D eigenvalue weighted by Crippen LogP contribution is -2.02. The smallest absolute Gasteiger partial charge is 0.409 e. The molecule has 0 saturated carbocycles. The van der Waals surface area contributed by atoms with Gasteiger partial charge in [0.15, 0.2) is 0 Å². The van der Waals surface area contributed by atoms with Crippen molar-refractivity contribution in [1.29, 1.82) is 0 Å². The largest absolute Gasteiger partial charge is 0.530 e. The summed E-state index contributed by atoms with van der Waals surface area (Å²) in [5, 5.41) is 7.57. The maximum absolute atomic E-state index is 7.57. The SMILES string of the molecule is CCO.c1ccc(OP(Oc2ccccc2)Oc2ccccc2)cc1. The molecule has 0 amide bonds. The maximum Gasteiger partial charge on any atom is 0.530 e. The molecule has 0 aliphatic rings. The van der Waals surface area contributed by atoms with Gasteiger partial charge < -0.3 is 18.7 Å². The minimum absolute atomic E-state index is 0.250. The maximum atomic E-state index is 7.57. The zero-order chi connectivity index (χ0) is 17.7. The van der Waals surface area contributed by atoms with Crippen LogP contribution in [0, 0.1) is 0 Å². The van der Waals surface area contributed by atoms with E-state index in [2.05, 4.69) is 0 Å². The highest BCUT2D eigenvalue weighted by atomic mass is 31.2. The highest BCUT2D eigenvalue weighted by Crippen LogP contribution is 2.41. The Morgan fingerprint density at radius 1 is 0.600 bits per heavy atom. The quantitative estimate of drug-likeness (QED) is 0.597. The van der Waals surface area contributed by atoms with E-state index in [1.165, 1.54) is 0 Å². The summed E-state index contributed by atoms with van der Waals surface area (Å²) in [5.74, 6) is 2.13. The molecule has 0 aliphatic heterocycles. The Kier molecular flexibility index (Phi) is 8.33. The van der Waals surface area contributed by atoms with Gasteiger partial charge >= 0.3 is 8.60 Å². The molecule has 0 unspecified atom stereocenters. The highest BCUT2D eigenvalue weighted by molar-refractivity contribution is 7.43. The molecule has 3 aromatic rings.